The van der Waals surface area contributed by atoms with Gasteiger partial charge in [0.1, 0.15) is 5.54 Å². The predicted molar refractivity (Wildman–Crippen MR) is 78.6 cm³/mol. The Kier molecular flexibility index (Phi) is 5.69. The summed E-state index contributed by atoms with van der Waals surface area (Å²) in [7, 11) is 1.79. The number of thioether (sulfide) groups is 1. The summed E-state index contributed by atoms with van der Waals surface area (Å²) in [4.78, 5) is 11.9. The number of nitrogens with one attached hydrogen (secondary N) is 1. The van der Waals surface area contributed by atoms with E-state index in [1.807, 2.05) is 30.3 Å². The molecule has 1 amide bonds. The molecule has 2 unspecified atom stereocenters. The van der Waals surface area contributed by atoms with Gasteiger partial charge in [0.15, 0.2) is 0 Å². The van der Waals surface area contributed by atoms with Gasteiger partial charge in [-0.2, -0.15) is 11.8 Å². The van der Waals surface area contributed by atoms with Crippen LogP contribution in [0.15, 0.2) is 30.3 Å². The molecular formula is C14H22N2OS. The quantitative estimate of drug-likeness (QED) is 0.795. The summed E-state index contributed by atoms with van der Waals surface area (Å²) >= 11 is 1.77. The van der Waals surface area contributed by atoms with E-state index in [-0.39, 0.29) is 5.91 Å². The van der Waals surface area contributed by atoms with E-state index in [4.69, 9.17) is 5.73 Å². The Morgan fingerprint density at radius 1 is 1.44 bits per heavy atom. The molecule has 0 aliphatic rings. The lowest BCUT2D eigenvalue weighted by atomic mass is 9.91. The third-order valence-electron chi connectivity index (χ3n) is 3.27. The van der Waals surface area contributed by atoms with E-state index in [1.165, 1.54) is 0 Å². The number of hydrogen-bond donors (Lipinski definition) is 2. The van der Waals surface area contributed by atoms with Crippen molar-refractivity contribution in [2.24, 2.45) is 5.73 Å². The zero-order valence-electron chi connectivity index (χ0n) is 11.3. The number of hydrogen-bond acceptors (Lipinski definition) is 3. The van der Waals surface area contributed by atoms with Gasteiger partial charge >= 0.3 is 0 Å². The largest absolute Gasteiger partial charge is 0.368 e. The third-order valence-corrected chi connectivity index (χ3v) is 4.78. The van der Waals surface area contributed by atoms with Crippen molar-refractivity contribution in [2.45, 2.75) is 31.1 Å². The van der Waals surface area contributed by atoms with E-state index in [0.717, 1.165) is 12.0 Å². The van der Waals surface area contributed by atoms with Crippen LogP contribution in [0.3, 0.4) is 0 Å². The Morgan fingerprint density at radius 3 is 2.50 bits per heavy atom. The van der Waals surface area contributed by atoms with Gasteiger partial charge in [-0.25, -0.2) is 0 Å². The van der Waals surface area contributed by atoms with Gasteiger partial charge in [-0.3, -0.25) is 4.79 Å². The summed E-state index contributed by atoms with van der Waals surface area (Å²) in [5, 5.41) is 3.63. The van der Waals surface area contributed by atoms with Crippen LogP contribution in [-0.4, -0.2) is 24.0 Å². The molecule has 0 saturated heterocycles. The summed E-state index contributed by atoms with van der Waals surface area (Å²) < 4.78 is 0. The summed E-state index contributed by atoms with van der Waals surface area (Å²) in [5.74, 6) is 0.324. The monoisotopic (exact) mass is 266 g/mol. The maximum Gasteiger partial charge on any atom is 0.243 e. The van der Waals surface area contributed by atoms with Crippen molar-refractivity contribution in [1.82, 2.24) is 5.32 Å². The second kappa shape index (κ2) is 6.81. The van der Waals surface area contributed by atoms with E-state index >= 15 is 0 Å². The average molecular weight is 266 g/mol. The van der Waals surface area contributed by atoms with Crippen LogP contribution < -0.4 is 11.1 Å². The smallest absolute Gasteiger partial charge is 0.243 e. The van der Waals surface area contributed by atoms with E-state index in [0.29, 0.717) is 11.0 Å². The summed E-state index contributed by atoms with van der Waals surface area (Å²) in [5.41, 5.74) is 5.77. The zero-order chi connectivity index (χ0) is 13.6. The summed E-state index contributed by atoms with van der Waals surface area (Å²) in [6.45, 7) is 4.31. The van der Waals surface area contributed by atoms with Crippen molar-refractivity contribution in [2.75, 3.05) is 12.8 Å². The molecule has 0 bridgehead atoms. The molecule has 0 aliphatic heterocycles. The van der Waals surface area contributed by atoms with Gasteiger partial charge in [-0.05, 0) is 19.0 Å². The number of carbonyl (C=O) groups excluding carboxylic acids is 1. The molecule has 0 spiro atoms. The number of nitrogens with two attached hydrogens (primary N) is 1. The van der Waals surface area contributed by atoms with Crippen molar-refractivity contribution in [3.63, 3.8) is 0 Å². The van der Waals surface area contributed by atoms with Crippen molar-refractivity contribution in [3.05, 3.63) is 35.9 Å². The number of benzene rings is 1. The van der Waals surface area contributed by atoms with Gasteiger partial charge < -0.3 is 11.1 Å². The topological polar surface area (TPSA) is 55.1 Å². The van der Waals surface area contributed by atoms with Gasteiger partial charge in [-0.1, -0.05) is 44.2 Å². The second-order valence-corrected chi connectivity index (χ2v) is 5.84. The lowest BCUT2D eigenvalue weighted by Crippen LogP contribution is -2.53. The van der Waals surface area contributed by atoms with Crippen LogP contribution in [0, 0.1) is 0 Å². The van der Waals surface area contributed by atoms with Gasteiger partial charge in [0.05, 0.1) is 0 Å². The molecule has 18 heavy (non-hydrogen) atoms. The number of carbonyl (C=O) groups is 1. The van der Waals surface area contributed by atoms with Crippen molar-refractivity contribution in [1.29, 1.82) is 0 Å². The van der Waals surface area contributed by atoms with Gasteiger partial charge in [-0.15, -0.1) is 0 Å². The first kappa shape index (κ1) is 15.1. The summed E-state index contributed by atoms with van der Waals surface area (Å²) in [6, 6.07) is 9.68. The molecule has 1 aromatic rings. The maximum atomic E-state index is 11.9. The fourth-order valence-electron chi connectivity index (χ4n) is 1.74. The number of likely N-dealkylation sites (N-methyl/N-ethyl adjacent to an activating group) is 1. The van der Waals surface area contributed by atoms with Crippen molar-refractivity contribution < 1.29 is 4.79 Å². The van der Waals surface area contributed by atoms with Gasteiger partial charge in [0, 0.05) is 11.0 Å². The molecule has 0 aliphatic carbocycles. The Bertz CT molecular complexity index is 383. The standard InChI is InChI=1S/C14H22N2OS/c1-4-11(2)18-10-14(16-3,13(15)17)12-8-6-5-7-9-12/h5-9,11,16H,4,10H2,1-3H3,(H2,15,17). The molecule has 3 nitrogen and oxygen atoms in total. The van der Waals surface area contributed by atoms with E-state index in [2.05, 4.69) is 19.2 Å². The molecule has 4 heteroatoms. The van der Waals surface area contributed by atoms with E-state index < -0.39 is 5.54 Å². The highest BCUT2D eigenvalue weighted by Crippen LogP contribution is 2.28. The van der Waals surface area contributed by atoms with Crippen molar-refractivity contribution in [3.8, 4) is 0 Å². The van der Waals surface area contributed by atoms with Crippen LogP contribution in [0.1, 0.15) is 25.8 Å². The lowest BCUT2D eigenvalue weighted by Gasteiger charge is -2.31. The molecule has 0 aromatic heterocycles. The average Bonchev–Trinajstić information content (AvgIpc) is 2.40. The first-order valence-corrected chi connectivity index (χ1v) is 7.27. The molecular weight excluding hydrogens is 244 g/mol. The molecule has 0 heterocycles. The van der Waals surface area contributed by atoms with Crippen LogP contribution in [-0.2, 0) is 10.3 Å². The Balaban J connectivity index is 2.99. The van der Waals surface area contributed by atoms with Crippen LogP contribution in [0.25, 0.3) is 0 Å². The highest BCUT2D eigenvalue weighted by molar-refractivity contribution is 7.99. The SMILES string of the molecule is CCC(C)SCC(NC)(C(N)=O)c1ccccc1. The van der Waals surface area contributed by atoms with Gasteiger partial charge in [0.2, 0.25) is 5.91 Å². The van der Waals surface area contributed by atoms with E-state index in [9.17, 15) is 4.79 Å². The molecule has 1 aromatic carbocycles. The Morgan fingerprint density at radius 2 is 2.06 bits per heavy atom. The first-order valence-electron chi connectivity index (χ1n) is 6.22. The van der Waals surface area contributed by atoms with E-state index in [1.54, 1.807) is 18.8 Å². The second-order valence-electron chi connectivity index (χ2n) is 4.42. The fraction of sp³-hybridized carbons (Fsp3) is 0.500. The highest BCUT2D eigenvalue weighted by Gasteiger charge is 2.37. The first-order chi connectivity index (χ1) is 8.56. The molecule has 0 fully saturated rings. The minimum Gasteiger partial charge on any atom is -0.368 e. The highest BCUT2D eigenvalue weighted by atomic mass is 32.2. The van der Waals surface area contributed by atoms with Crippen LogP contribution in [0.5, 0.6) is 0 Å². The predicted octanol–water partition coefficient (Wildman–Crippen LogP) is 2.12. The van der Waals surface area contributed by atoms with Crippen LogP contribution in [0.4, 0.5) is 0 Å². The minimum absolute atomic E-state index is 0.327. The van der Waals surface area contributed by atoms with Crippen LogP contribution in [0.2, 0.25) is 0 Å². The number of rotatable bonds is 7. The van der Waals surface area contributed by atoms with Crippen molar-refractivity contribution >= 4 is 17.7 Å². The fourth-order valence-corrected chi connectivity index (χ4v) is 2.97. The van der Waals surface area contributed by atoms with Crippen LogP contribution >= 0.6 is 11.8 Å². The summed E-state index contributed by atoms with van der Waals surface area (Å²) in [6.07, 6.45) is 1.08. The molecule has 100 valence electrons. The molecule has 0 radical (unpaired) electrons. The molecule has 2 atom stereocenters. The maximum absolute atomic E-state index is 11.9. The minimum atomic E-state index is -0.782. The number of primary amides is 1. The normalized spacial score (nSPS) is 15.9. The van der Waals surface area contributed by atoms with Gasteiger partial charge in [0.25, 0.3) is 0 Å². The molecule has 0 saturated carbocycles. The molecule has 3 N–H and O–H groups in total. The lowest BCUT2D eigenvalue weighted by molar-refractivity contribution is -0.123. The number of amides is 1. The Labute approximate surface area is 114 Å². The zero-order valence-corrected chi connectivity index (χ0v) is 12.1. The Hall–Kier alpha value is -1.00. The third kappa shape index (κ3) is 3.27. The molecule has 1 rings (SSSR count).